The molecule has 2 aromatic heterocycles. The van der Waals surface area contributed by atoms with Crippen LogP contribution in [0.25, 0.3) is 11.5 Å². The summed E-state index contributed by atoms with van der Waals surface area (Å²) in [7, 11) is 0. The quantitative estimate of drug-likeness (QED) is 0.798. The molecule has 2 heterocycles. The number of oxazole rings is 1. The van der Waals surface area contributed by atoms with E-state index in [0.29, 0.717) is 11.7 Å². The first kappa shape index (κ1) is 12.9. The Morgan fingerprint density at radius 3 is 2.72 bits per heavy atom. The third-order valence-corrected chi connectivity index (χ3v) is 2.61. The highest BCUT2D eigenvalue weighted by molar-refractivity contribution is 5.48. The number of nitrogens with zero attached hydrogens (tertiary/aromatic N) is 1. The largest absolute Gasteiger partial charge is 0.458 e. The van der Waals surface area contributed by atoms with Crippen LogP contribution >= 0.6 is 0 Å². The summed E-state index contributed by atoms with van der Waals surface area (Å²) in [5.41, 5.74) is 0. The van der Waals surface area contributed by atoms with E-state index >= 15 is 0 Å². The van der Waals surface area contributed by atoms with Crippen LogP contribution < -0.4 is 5.32 Å². The molecule has 98 valence electrons. The lowest BCUT2D eigenvalue weighted by atomic mass is 10.2. The number of aromatic nitrogens is 1. The Labute approximate surface area is 107 Å². The average molecular weight is 248 g/mol. The Bertz CT molecular complexity index is 485. The van der Waals surface area contributed by atoms with Gasteiger partial charge in [0.1, 0.15) is 5.76 Å². The Hall–Kier alpha value is -1.55. The zero-order valence-corrected chi connectivity index (χ0v) is 11.2. The summed E-state index contributed by atoms with van der Waals surface area (Å²) in [5.74, 6) is 3.72. The Balaban J connectivity index is 1.86. The van der Waals surface area contributed by atoms with Gasteiger partial charge >= 0.3 is 0 Å². The lowest BCUT2D eigenvalue weighted by molar-refractivity contribution is 0.463. The van der Waals surface area contributed by atoms with E-state index in [0.717, 1.165) is 36.9 Å². The van der Waals surface area contributed by atoms with Gasteiger partial charge in [-0.15, -0.1) is 0 Å². The van der Waals surface area contributed by atoms with Crippen molar-refractivity contribution in [2.24, 2.45) is 5.92 Å². The second kappa shape index (κ2) is 5.87. The molecule has 0 bridgehead atoms. The Kier molecular flexibility index (Phi) is 4.20. The van der Waals surface area contributed by atoms with Gasteiger partial charge in [-0.2, -0.15) is 0 Å². The minimum Gasteiger partial charge on any atom is -0.458 e. The average Bonchev–Trinajstić information content (AvgIpc) is 2.93. The van der Waals surface area contributed by atoms with E-state index in [4.69, 9.17) is 8.83 Å². The number of hydrogen-bond acceptors (Lipinski definition) is 4. The molecule has 18 heavy (non-hydrogen) atoms. The van der Waals surface area contributed by atoms with Gasteiger partial charge in [-0.05, 0) is 31.5 Å². The third kappa shape index (κ3) is 3.47. The Morgan fingerprint density at radius 1 is 1.22 bits per heavy atom. The molecule has 0 fully saturated rings. The van der Waals surface area contributed by atoms with Crippen molar-refractivity contribution in [3.05, 3.63) is 30.0 Å². The lowest BCUT2D eigenvalue weighted by Gasteiger charge is -2.05. The molecule has 0 radical (unpaired) electrons. The maximum absolute atomic E-state index is 5.65. The first-order valence-electron chi connectivity index (χ1n) is 6.37. The van der Waals surface area contributed by atoms with Crippen LogP contribution in [-0.4, -0.2) is 18.1 Å². The molecular formula is C14H20N2O2. The summed E-state index contributed by atoms with van der Waals surface area (Å²) in [6, 6.07) is 3.82. The molecule has 0 unspecified atom stereocenters. The fourth-order valence-electron chi connectivity index (χ4n) is 1.69. The van der Waals surface area contributed by atoms with E-state index in [-0.39, 0.29) is 0 Å². The molecule has 0 saturated heterocycles. The minimum absolute atomic E-state index is 0.663. The molecule has 0 amide bonds. The van der Waals surface area contributed by atoms with Gasteiger partial charge in [0.05, 0.1) is 6.20 Å². The Morgan fingerprint density at radius 2 is 2.06 bits per heavy atom. The number of nitrogens with one attached hydrogen (secondary N) is 1. The van der Waals surface area contributed by atoms with E-state index in [1.807, 2.05) is 19.1 Å². The van der Waals surface area contributed by atoms with Crippen molar-refractivity contribution in [1.29, 1.82) is 0 Å². The molecule has 4 nitrogen and oxygen atoms in total. The molecule has 0 aliphatic carbocycles. The zero-order valence-electron chi connectivity index (χ0n) is 11.2. The molecule has 2 rings (SSSR count). The molecule has 0 atom stereocenters. The molecule has 0 aliphatic rings. The van der Waals surface area contributed by atoms with Crippen molar-refractivity contribution in [1.82, 2.24) is 10.3 Å². The second-order valence-electron chi connectivity index (χ2n) is 4.88. The highest BCUT2D eigenvalue weighted by Crippen LogP contribution is 2.22. The third-order valence-electron chi connectivity index (χ3n) is 2.61. The van der Waals surface area contributed by atoms with Crippen molar-refractivity contribution in [3.63, 3.8) is 0 Å². The minimum atomic E-state index is 0.663. The number of furan rings is 1. The van der Waals surface area contributed by atoms with Crippen LogP contribution in [-0.2, 0) is 6.42 Å². The van der Waals surface area contributed by atoms with Crippen LogP contribution in [0, 0.1) is 12.8 Å². The van der Waals surface area contributed by atoms with Crippen molar-refractivity contribution < 1.29 is 8.83 Å². The fourth-order valence-corrected chi connectivity index (χ4v) is 1.69. The molecule has 1 N–H and O–H groups in total. The highest BCUT2D eigenvalue weighted by atomic mass is 16.4. The normalized spacial score (nSPS) is 11.3. The summed E-state index contributed by atoms with van der Waals surface area (Å²) in [6.07, 6.45) is 2.52. The van der Waals surface area contributed by atoms with Crippen LogP contribution in [0.15, 0.2) is 27.2 Å². The van der Waals surface area contributed by atoms with Gasteiger partial charge < -0.3 is 14.2 Å². The van der Waals surface area contributed by atoms with E-state index in [1.54, 1.807) is 6.20 Å². The van der Waals surface area contributed by atoms with E-state index in [1.165, 1.54) is 0 Å². The first-order valence-corrected chi connectivity index (χ1v) is 6.37. The summed E-state index contributed by atoms with van der Waals surface area (Å²) in [4.78, 5) is 4.25. The topological polar surface area (TPSA) is 51.2 Å². The van der Waals surface area contributed by atoms with Gasteiger partial charge in [0.25, 0.3) is 0 Å². The molecule has 2 aromatic rings. The van der Waals surface area contributed by atoms with Crippen LogP contribution in [0.3, 0.4) is 0 Å². The zero-order chi connectivity index (χ0) is 13.0. The van der Waals surface area contributed by atoms with Crippen LogP contribution in [0.2, 0.25) is 0 Å². The smallest absolute Gasteiger partial charge is 0.196 e. The molecular weight excluding hydrogens is 228 g/mol. The van der Waals surface area contributed by atoms with Gasteiger partial charge in [0, 0.05) is 13.0 Å². The van der Waals surface area contributed by atoms with Crippen LogP contribution in [0.4, 0.5) is 0 Å². The summed E-state index contributed by atoms with van der Waals surface area (Å²) >= 11 is 0. The van der Waals surface area contributed by atoms with Gasteiger partial charge in [-0.1, -0.05) is 13.8 Å². The van der Waals surface area contributed by atoms with Crippen LogP contribution in [0.5, 0.6) is 0 Å². The molecule has 0 aliphatic heterocycles. The number of aryl methyl sites for hydroxylation is 1. The number of rotatable bonds is 6. The van der Waals surface area contributed by atoms with Gasteiger partial charge in [-0.25, -0.2) is 4.98 Å². The van der Waals surface area contributed by atoms with Crippen LogP contribution in [0.1, 0.15) is 25.5 Å². The van der Waals surface area contributed by atoms with Gasteiger partial charge in [-0.3, -0.25) is 0 Å². The predicted octanol–water partition coefficient (Wildman–Crippen LogP) is 3.03. The monoisotopic (exact) mass is 248 g/mol. The van der Waals surface area contributed by atoms with E-state index < -0.39 is 0 Å². The SMILES string of the molecule is Cc1ccc(-c2cnc(CCNCC(C)C)o2)o1. The van der Waals surface area contributed by atoms with E-state index in [2.05, 4.69) is 24.1 Å². The van der Waals surface area contributed by atoms with Crippen molar-refractivity contribution >= 4 is 0 Å². The lowest BCUT2D eigenvalue weighted by Crippen LogP contribution is -2.22. The van der Waals surface area contributed by atoms with E-state index in [9.17, 15) is 0 Å². The van der Waals surface area contributed by atoms with Crippen molar-refractivity contribution in [2.75, 3.05) is 13.1 Å². The predicted molar refractivity (Wildman–Crippen MR) is 70.4 cm³/mol. The molecule has 0 aromatic carbocycles. The summed E-state index contributed by atoms with van der Waals surface area (Å²) in [5, 5.41) is 3.36. The molecule has 0 saturated carbocycles. The summed E-state index contributed by atoms with van der Waals surface area (Å²) in [6.45, 7) is 8.20. The fraction of sp³-hybridized carbons (Fsp3) is 0.500. The van der Waals surface area contributed by atoms with Crippen molar-refractivity contribution in [3.8, 4) is 11.5 Å². The highest BCUT2D eigenvalue weighted by Gasteiger charge is 2.09. The van der Waals surface area contributed by atoms with Gasteiger partial charge in [0.15, 0.2) is 17.4 Å². The maximum atomic E-state index is 5.65. The maximum Gasteiger partial charge on any atom is 0.196 e. The van der Waals surface area contributed by atoms with Crippen molar-refractivity contribution in [2.45, 2.75) is 27.2 Å². The number of hydrogen-bond donors (Lipinski definition) is 1. The standard InChI is InChI=1S/C14H20N2O2/c1-10(2)8-15-7-6-14-16-9-13(18-14)12-5-4-11(3)17-12/h4-5,9-10,15H,6-8H2,1-3H3. The summed E-state index contributed by atoms with van der Waals surface area (Å²) < 4.78 is 11.1. The second-order valence-corrected chi connectivity index (χ2v) is 4.88. The molecule has 4 heteroatoms. The molecule has 0 spiro atoms. The van der Waals surface area contributed by atoms with Gasteiger partial charge in [0.2, 0.25) is 0 Å². The first-order chi connectivity index (χ1) is 8.65.